The largest absolute Gasteiger partial charge is 0.383 e. The number of likely N-dealkylation sites (N-methyl/N-ethyl adjacent to an activating group) is 1. The maximum Gasteiger partial charge on any atom is 0.321 e. The Morgan fingerprint density at radius 3 is 2.59 bits per heavy atom. The Kier molecular flexibility index (Phi) is 6.71. The van der Waals surface area contributed by atoms with Crippen LogP contribution in [0.25, 0.3) is 0 Å². The number of nitrogens with zero attached hydrogens (tertiary/aromatic N) is 2. The van der Waals surface area contributed by atoms with Crippen molar-refractivity contribution in [2.75, 3.05) is 44.1 Å². The van der Waals surface area contributed by atoms with Gasteiger partial charge in [0.15, 0.2) is 0 Å². The zero-order valence-electron chi connectivity index (χ0n) is 16.2. The smallest absolute Gasteiger partial charge is 0.321 e. The number of benzene rings is 2. The van der Waals surface area contributed by atoms with Crippen LogP contribution in [0.15, 0.2) is 54.6 Å². The number of methoxy groups -OCH3 is 1. The lowest BCUT2D eigenvalue weighted by atomic mass is 10.1. The maximum absolute atomic E-state index is 12.8. The minimum Gasteiger partial charge on any atom is -0.383 e. The summed E-state index contributed by atoms with van der Waals surface area (Å²) in [5, 5.41) is 3.03. The molecule has 0 aromatic heterocycles. The van der Waals surface area contributed by atoms with Crippen molar-refractivity contribution >= 4 is 17.4 Å². The van der Waals surface area contributed by atoms with Gasteiger partial charge in [0.25, 0.3) is 0 Å². The number of amides is 2. The Morgan fingerprint density at radius 2 is 1.89 bits per heavy atom. The molecule has 2 amide bonds. The van der Waals surface area contributed by atoms with E-state index in [4.69, 9.17) is 4.74 Å². The van der Waals surface area contributed by atoms with Crippen LogP contribution in [-0.4, -0.2) is 50.8 Å². The van der Waals surface area contributed by atoms with E-state index in [-0.39, 0.29) is 12.1 Å². The monoisotopic (exact) mass is 367 g/mol. The summed E-state index contributed by atoms with van der Waals surface area (Å²) in [7, 11) is 3.50. The Bertz CT molecular complexity index is 729. The molecule has 27 heavy (non-hydrogen) atoms. The molecule has 0 unspecified atom stereocenters. The van der Waals surface area contributed by atoms with E-state index >= 15 is 0 Å². The highest BCUT2D eigenvalue weighted by atomic mass is 16.5. The average molecular weight is 367 g/mol. The van der Waals surface area contributed by atoms with Crippen molar-refractivity contribution < 1.29 is 9.53 Å². The van der Waals surface area contributed by atoms with Gasteiger partial charge < -0.3 is 19.9 Å². The van der Waals surface area contributed by atoms with Gasteiger partial charge in [0.1, 0.15) is 0 Å². The summed E-state index contributed by atoms with van der Waals surface area (Å²) in [6.07, 6.45) is 3.22. The number of nitrogens with one attached hydrogen (secondary N) is 1. The van der Waals surface area contributed by atoms with Crippen LogP contribution in [0.4, 0.5) is 16.2 Å². The molecule has 5 nitrogen and oxygen atoms in total. The fraction of sp³-hybridized carbons (Fsp3) is 0.409. The second-order valence-electron chi connectivity index (χ2n) is 7.08. The van der Waals surface area contributed by atoms with E-state index in [0.717, 1.165) is 25.2 Å². The van der Waals surface area contributed by atoms with Crippen molar-refractivity contribution in [3.8, 4) is 0 Å². The van der Waals surface area contributed by atoms with E-state index in [1.54, 1.807) is 12.0 Å². The third-order valence-corrected chi connectivity index (χ3v) is 5.11. The number of urea groups is 1. The molecule has 1 aliphatic heterocycles. The van der Waals surface area contributed by atoms with Crippen molar-refractivity contribution in [1.29, 1.82) is 0 Å². The Balaban J connectivity index is 1.65. The van der Waals surface area contributed by atoms with Crippen LogP contribution in [0, 0.1) is 0 Å². The summed E-state index contributed by atoms with van der Waals surface area (Å²) in [4.78, 5) is 16.9. The van der Waals surface area contributed by atoms with Crippen molar-refractivity contribution in [2.45, 2.75) is 25.3 Å². The highest BCUT2D eigenvalue weighted by molar-refractivity contribution is 5.90. The van der Waals surface area contributed by atoms with Crippen molar-refractivity contribution in [2.24, 2.45) is 0 Å². The topological polar surface area (TPSA) is 44.8 Å². The van der Waals surface area contributed by atoms with E-state index in [2.05, 4.69) is 34.5 Å². The molecule has 1 heterocycles. The van der Waals surface area contributed by atoms with Crippen LogP contribution in [0.2, 0.25) is 0 Å². The summed E-state index contributed by atoms with van der Waals surface area (Å²) in [5.41, 5.74) is 3.19. The van der Waals surface area contributed by atoms with Gasteiger partial charge in [0.05, 0.1) is 12.6 Å². The molecule has 2 aromatic rings. The van der Waals surface area contributed by atoms with E-state index in [1.165, 1.54) is 24.1 Å². The summed E-state index contributed by atoms with van der Waals surface area (Å²) in [6, 6.07) is 18.1. The third-order valence-electron chi connectivity index (χ3n) is 5.11. The highest BCUT2D eigenvalue weighted by Gasteiger charge is 2.21. The van der Waals surface area contributed by atoms with Gasteiger partial charge in [0, 0.05) is 38.6 Å². The van der Waals surface area contributed by atoms with Crippen LogP contribution in [0.3, 0.4) is 0 Å². The zero-order chi connectivity index (χ0) is 19.1. The number of carbonyl (C=O) groups excluding carboxylic acids is 1. The van der Waals surface area contributed by atoms with Gasteiger partial charge in [-0.3, -0.25) is 0 Å². The first-order chi connectivity index (χ1) is 13.2. The van der Waals surface area contributed by atoms with Crippen LogP contribution in [0.5, 0.6) is 0 Å². The number of rotatable bonds is 7. The quantitative estimate of drug-likeness (QED) is 0.804. The number of hydrogen-bond donors (Lipinski definition) is 1. The number of carbonyl (C=O) groups is 1. The Morgan fingerprint density at radius 1 is 1.15 bits per heavy atom. The first-order valence-electron chi connectivity index (χ1n) is 9.59. The SMILES string of the molecule is COC[C@@H](Cc1ccccc1)N(C)C(=O)Nc1cccc(N2CCCC2)c1. The first kappa shape index (κ1) is 19.2. The molecule has 0 spiro atoms. The molecule has 5 heteroatoms. The van der Waals surface area contributed by atoms with E-state index < -0.39 is 0 Å². The molecule has 1 atom stereocenters. The van der Waals surface area contributed by atoms with Crippen molar-refractivity contribution in [1.82, 2.24) is 4.90 Å². The fourth-order valence-corrected chi connectivity index (χ4v) is 3.52. The van der Waals surface area contributed by atoms with Gasteiger partial charge in [-0.25, -0.2) is 4.79 Å². The summed E-state index contributed by atoms with van der Waals surface area (Å²) < 4.78 is 5.36. The van der Waals surface area contributed by atoms with E-state index in [9.17, 15) is 4.79 Å². The molecule has 1 fully saturated rings. The lowest BCUT2D eigenvalue weighted by molar-refractivity contribution is 0.120. The van der Waals surface area contributed by atoms with E-state index in [0.29, 0.717) is 6.61 Å². The predicted molar refractivity (Wildman–Crippen MR) is 110 cm³/mol. The summed E-state index contributed by atoms with van der Waals surface area (Å²) in [5.74, 6) is 0. The van der Waals surface area contributed by atoms with Crippen molar-refractivity contribution in [3.63, 3.8) is 0 Å². The number of hydrogen-bond acceptors (Lipinski definition) is 3. The highest BCUT2D eigenvalue weighted by Crippen LogP contribution is 2.23. The molecule has 0 bridgehead atoms. The number of anilines is 2. The Hall–Kier alpha value is -2.53. The number of ether oxygens (including phenoxy) is 1. The summed E-state index contributed by atoms with van der Waals surface area (Å²) in [6.45, 7) is 2.67. The third kappa shape index (κ3) is 5.23. The molecule has 3 rings (SSSR count). The molecule has 144 valence electrons. The van der Waals surface area contributed by atoms with Gasteiger partial charge in [-0.2, -0.15) is 0 Å². The minimum absolute atomic E-state index is 0.0286. The zero-order valence-corrected chi connectivity index (χ0v) is 16.2. The van der Waals surface area contributed by atoms with Crippen molar-refractivity contribution in [3.05, 3.63) is 60.2 Å². The molecule has 1 aliphatic rings. The Labute approximate surface area is 161 Å². The minimum atomic E-state index is -0.119. The normalized spacial score (nSPS) is 14.8. The fourth-order valence-electron chi connectivity index (χ4n) is 3.52. The predicted octanol–water partition coefficient (Wildman–Crippen LogP) is 4.01. The molecule has 1 N–H and O–H groups in total. The molecular formula is C22H29N3O2. The second kappa shape index (κ2) is 9.42. The van der Waals surface area contributed by atoms with Gasteiger partial charge in [-0.1, -0.05) is 36.4 Å². The standard InChI is InChI=1S/C22H29N3O2/c1-24(21(17-27-2)15-18-9-4-3-5-10-18)22(26)23-19-11-8-12-20(16-19)25-13-6-7-14-25/h3-5,8-12,16,21H,6-7,13-15,17H2,1-2H3,(H,23,26)/t21-/m1/s1. The van der Waals surface area contributed by atoms with Gasteiger partial charge >= 0.3 is 6.03 Å². The first-order valence-corrected chi connectivity index (χ1v) is 9.59. The molecular weight excluding hydrogens is 338 g/mol. The molecule has 0 radical (unpaired) electrons. The van der Waals surface area contributed by atoms with Gasteiger partial charge in [-0.15, -0.1) is 0 Å². The average Bonchev–Trinajstić information content (AvgIpc) is 3.23. The van der Waals surface area contributed by atoms with Crippen LogP contribution >= 0.6 is 0 Å². The molecule has 2 aromatic carbocycles. The molecule has 0 saturated carbocycles. The lowest BCUT2D eigenvalue weighted by Gasteiger charge is -2.28. The van der Waals surface area contributed by atoms with Crippen LogP contribution < -0.4 is 10.2 Å². The molecule has 1 saturated heterocycles. The second-order valence-corrected chi connectivity index (χ2v) is 7.08. The van der Waals surface area contributed by atoms with Gasteiger partial charge in [-0.05, 0) is 43.0 Å². The molecule has 0 aliphatic carbocycles. The van der Waals surface area contributed by atoms with Crippen LogP contribution in [-0.2, 0) is 11.2 Å². The lowest BCUT2D eigenvalue weighted by Crippen LogP contribution is -2.43. The van der Waals surface area contributed by atoms with Crippen LogP contribution in [0.1, 0.15) is 18.4 Å². The van der Waals surface area contributed by atoms with E-state index in [1.807, 2.05) is 37.4 Å². The maximum atomic E-state index is 12.8. The summed E-state index contributed by atoms with van der Waals surface area (Å²) >= 11 is 0. The van der Waals surface area contributed by atoms with Gasteiger partial charge in [0.2, 0.25) is 0 Å².